The molecule has 0 unspecified atom stereocenters. The van der Waals surface area contributed by atoms with Gasteiger partial charge in [0.25, 0.3) is 0 Å². The molecule has 0 radical (unpaired) electrons. The number of carbonyl (C=O) groups is 1. The molecule has 0 bridgehead atoms. The van der Waals surface area contributed by atoms with Crippen molar-refractivity contribution in [1.82, 2.24) is 0 Å². The average molecular weight is 307 g/mol. The first kappa shape index (κ1) is 15.5. The summed E-state index contributed by atoms with van der Waals surface area (Å²) in [5.41, 5.74) is 1.12. The van der Waals surface area contributed by atoms with Crippen LogP contribution in [0.1, 0.15) is 29.3 Å². The molecule has 0 amide bonds. The van der Waals surface area contributed by atoms with Crippen LogP contribution in [0.15, 0.2) is 42.5 Å². The Kier molecular flexibility index (Phi) is 5.34. The van der Waals surface area contributed by atoms with Gasteiger partial charge >= 0.3 is 0 Å². The molecule has 0 aliphatic rings. The van der Waals surface area contributed by atoms with Crippen LogP contribution in [0.5, 0.6) is 5.75 Å². The number of carbonyl (C=O) groups excluding carboxylic acids is 1. The normalized spacial score (nSPS) is 10.4. The molecule has 0 spiro atoms. The molecule has 4 heteroatoms. The predicted molar refractivity (Wildman–Crippen MR) is 81.7 cm³/mol. The lowest BCUT2D eigenvalue weighted by Gasteiger charge is -2.10. The van der Waals surface area contributed by atoms with E-state index in [1.807, 2.05) is 13.0 Å². The zero-order valence-corrected chi connectivity index (χ0v) is 12.5. The molecular weight excluding hydrogens is 291 g/mol. The van der Waals surface area contributed by atoms with Gasteiger partial charge in [-0.1, -0.05) is 36.7 Å². The quantitative estimate of drug-likeness (QED) is 0.723. The Bertz CT molecular complexity index is 640. The van der Waals surface area contributed by atoms with E-state index in [-0.39, 0.29) is 17.2 Å². The van der Waals surface area contributed by atoms with Gasteiger partial charge in [-0.15, -0.1) is 0 Å². The molecule has 2 aromatic carbocycles. The van der Waals surface area contributed by atoms with Gasteiger partial charge in [0.05, 0.1) is 12.2 Å². The summed E-state index contributed by atoms with van der Waals surface area (Å²) in [6.45, 7) is 2.56. The Morgan fingerprint density at radius 2 is 2.00 bits per heavy atom. The van der Waals surface area contributed by atoms with Crippen molar-refractivity contribution in [2.24, 2.45) is 0 Å². The smallest absolute Gasteiger partial charge is 0.171 e. The summed E-state index contributed by atoms with van der Waals surface area (Å²) >= 11 is 5.96. The van der Waals surface area contributed by atoms with E-state index in [1.54, 1.807) is 18.2 Å². The van der Waals surface area contributed by atoms with Gasteiger partial charge in [0.1, 0.15) is 11.6 Å². The highest BCUT2D eigenvalue weighted by Crippen LogP contribution is 2.23. The van der Waals surface area contributed by atoms with Gasteiger partial charge in [0.15, 0.2) is 5.78 Å². The van der Waals surface area contributed by atoms with Crippen molar-refractivity contribution in [2.75, 3.05) is 6.61 Å². The van der Waals surface area contributed by atoms with E-state index in [9.17, 15) is 9.18 Å². The number of ketones is 1. The highest BCUT2D eigenvalue weighted by molar-refractivity contribution is 6.31. The fourth-order valence-corrected chi connectivity index (χ4v) is 2.20. The Morgan fingerprint density at radius 1 is 1.24 bits per heavy atom. The molecule has 0 fully saturated rings. The van der Waals surface area contributed by atoms with E-state index in [2.05, 4.69) is 0 Å². The van der Waals surface area contributed by atoms with Gasteiger partial charge in [-0.3, -0.25) is 4.79 Å². The van der Waals surface area contributed by atoms with E-state index in [0.717, 1.165) is 6.42 Å². The number of Topliss-reactive ketones (excluding diaryl/α,β-unsaturated/α-hetero) is 1. The van der Waals surface area contributed by atoms with Crippen molar-refractivity contribution in [1.29, 1.82) is 0 Å². The minimum atomic E-state index is -0.414. The molecule has 0 aromatic heterocycles. The van der Waals surface area contributed by atoms with Crippen molar-refractivity contribution < 1.29 is 13.9 Å². The molecule has 0 N–H and O–H groups in total. The fraction of sp³-hybridized carbons (Fsp3) is 0.235. The molecule has 2 aromatic rings. The van der Waals surface area contributed by atoms with Crippen molar-refractivity contribution in [3.05, 3.63) is 64.4 Å². The third-order valence-corrected chi connectivity index (χ3v) is 3.37. The molecule has 0 saturated carbocycles. The van der Waals surface area contributed by atoms with Crippen LogP contribution in [-0.2, 0) is 6.42 Å². The minimum absolute atomic E-state index is 0.102. The molecular formula is C17H16ClFO2. The Hall–Kier alpha value is -1.87. The molecule has 0 aliphatic heterocycles. The molecule has 0 aliphatic carbocycles. The minimum Gasteiger partial charge on any atom is -0.493 e. The summed E-state index contributed by atoms with van der Waals surface area (Å²) in [6.07, 6.45) is 0.984. The SMILES string of the molecule is CCCOc1ccccc1C(=O)Cc1ccc(F)cc1Cl. The summed E-state index contributed by atoms with van der Waals surface area (Å²) in [7, 11) is 0. The van der Waals surface area contributed by atoms with Gasteiger partial charge in [-0.05, 0) is 36.2 Å². The van der Waals surface area contributed by atoms with Gasteiger partial charge in [-0.2, -0.15) is 0 Å². The number of halogens is 2. The number of benzene rings is 2. The second kappa shape index (κ2) is 7.23. The van der Waals surface area contributed by atoms with Crippen molar-refractivity contribution >= 4 is 17.4 Å². The monoisotopic (exact) mass is 306 g/mol. The number of hydrogen-bond donors (Lipinski definition) is 0. The summed E-state index contributed by atoms with van der Waals surface area (Å²) < 4.78 is 18.6. The molecule has 0 atom stereocenters. The highest BCUT2D eigenvalue weighted by Gasteiger charge is 2.14. The second-order valence-corrected chi connectivity index (χ2v) is 5.09. The second-order valence-electron chi connectivity index (χ2n) is 4.68. The first-order valence-electron chi connectivity index (χ1n) is 6.80. The summed E-state index contributed by atoms with van der Waals surface area (Å²) in [4.78, 5) is 12.4. The predicted octanol–water partition coefficient (Wildman–Crippen LogP) is 4.69. The first-order valence-corrected chi connectivity index (χ1v) is 7.18. The Labute approximate surface area is 128 Å². The third-order valence-electron chi connectivity index (χ3n) is 3.02. The largest absolute Gasteiger partial charge is 0.493 e. The molecule has 110 valence electrons. The highest BCUT2D eigenvalue weighted by atomic mass is 35.5. The number of hydrogen-bond acceptors (Lipinski definition) is 2. The van der Waals surface area contributed by atoms with Crippen LogP contribution in [0.25, 0.3) is 0 Å². The maximum absolute atomic E-state index is 13.0. The van der Waals surface area contributed by atoms with E-state index >= 15 is 0 Å². The lowest BCUT2D eigenvalue weighted by molar-refractivity contribution is 0.0989. The van der Waals surface area contributed by atoms with Crippen molar-refractivity contribution in [2.45, 2.75) is 19.8 Å². The lowest BCUT2D eigenvalue weighted by Crippen LogP contribution is -2.08. The third kappa shape index (κ3) is 4.05. The topological polar surface area (TPSA) is 26.3 Å². The first-order chi connectivity index (χ1) is 10.1. The van der Waals surface area contributed by atoms with E-state index < -0.39 is 5.82 Å². The summed E-state index contributed by atoms with van der Waals surface area (Å²) in [5, 5.41) is 0.260. The average Bonchev–Trinajstić information content (AvgIpc) is 2.48. The zero-order chi connectivity index (χ0) is 15.2. The van der Waals surface area contributed by atoms with Crippen LogP contribution >= 0.6 is 11.6 Å². The number of rotatable bonds is 6. The Morgan fingerprint density at radius 3 is 2.71 bits per heavy atom. The standard InChI is InChI=1S/C17H16ClFO2/c1-2-9-21-17-6-4-3-5-14(17)16(20)10-12-7-8-13(19)11-15(12)18/h3-8,11H,2,9-10H2,1H3. The van der Waals surface area contributed by atoms with E-state index in [4.69, 9.17) is 16.3 Å². The molecule has 2 rings (SSSR count). The van der Waals surface area contributed by atoms with Crippen LogP contribution in [0, 0.1) is 5.82 Å². The lowest BCUT2D eigenvalue weighted by atomic mass is 10.0. The van der Waals surface area contributed by atoms with Crippen LogP contribution in [0.2, 0.25) is 5.02 Å². The Balaban J connectivity index is 2.20. The van der Waals surface area contributed by atoms with Crippen LogP contribution < -0.4 is 4.74 Å². The molecule has 0 heterocycles. The fourth-order valence-electron chi connectivity index (χ4n) is 1.97. The van der Waals surface area contributed by atoms with Gasteiger partial charge in [0, 0.05) is 11.4 Å². The van der Waals surface area contributed by atoms with Crippen molar-refractivity contribution in [3.63, 3.8) is 0 Å². The number of para-hydroxylation sites is 1. The molecule has 0 saturated heterocycles. The zero-order valence-electron chi connectivity index (χ0n) is 11.7. The summed E-state index contributed by atoms with van der Waals surface area (Å²) in [5.74, 6) is 0.0562. The van der Waals surface area contributed by atoms with Crippen LogP contribution in [-0.4, -0.2) is 12.4 Å². The maximum atomic E-state index is 13.0. The number of ether oxygens (including phenoxy) is 1. The van der Waals surface area contributed by atoms with Gasteiger partial charge in [-0.25, -0.2) is 4.39 Å². The maximum Gasteiger partial charge on any atom is 0.171 e. The molecule has 21 heavy (non-hydrogen) atoms. The van der Waals surface area contributed by atoms with Gasteiger partial charge in [0.2, 0.25) is 0 Å². The van der Waals surface area contributed by atoms with Crippen molar-refractivity contribution in [3.8, 4) is 5.75 Å². The van der Waals surface area contributed by atoms with E-state index in [1.165, 1.54) is 18.2 Å². The van der Waals surface area contributed by atoms with Crippen LogP contribution in [0.3, 0.4) is 0 Å². The van der Waals surface area contributed by atoms with Gasteiger partial charge < -0.3 is 4.74 Å². The summed E-state index contributed by atoms with van der Waals surface area (Å²) in [6, 6.07) is 11.2. The molecule has 2 nitrogen and oxygen atoms in total. The van der Waals surface area contributed by atoms with Crippen LogP contribution in [0.4, 0.5) is 4.39 Å². The van der Waals surface area contributed by atoms with E-state index in [0.29, 0.717) is 23.5 Å².